The maximum atomic E-state index is 10.7. The van der Waals surface area contributed by atoms with Gasteiger partial charge in [0.25, 0.3) is 10.1 Å². The Bertz CT molecular complexity index is 334. The van der Waals surface area contributed by atoms with E-state index < -0.39 is 21.1 Å². The van der Waals surface area contributed by atoms with Crippen LogP contribution in [0.2, 0.25) is 0 Å². The summed E-state index contributed by atoms with van der Waals surface area (Å²) >= 11 is 0. The van der Waals surface area contributed by atoms with E-state index in [4.69, 9.17) is 9.66 Å². The first-order chi connectivity index (χ1) is 8.77. The van der Waals surface area contributed by atoms with Crippen LogP contribution in [0.3, 0.4) is 0 Å². The molecule has 0 heterocycles. The van der Waals surface area contributed by atoms with Crippen LogP contribution in [0.5, 0.6) is 0 Å². The van der Waals surface area contributed by atoms with E-state index in [2.05, 4.69) is 0 Å². The topological polar surface area (TPSA) is 139 Å². The zero-order valence-electron chi connectivity index (χ0n) is 10.9. The Morgan fingerprint density at radius 3 is 2.00 bits per heavy atom. The Morgan fingerprint density at radius 1 is 1.16 bits per heavy atom. The van der Waals surface area contributed by atoms with Crippen LogP contribution in [0.1, 0.15) is 19.8 Å². The molecule has 0 aliphatic carbocycles. The number of rotatable bonds is 10. The molecule has 0 rings (SSSR count). The van der Waals surface area contributed by atoms with Crippen LogP contribution >= 0.6 is 0 Å². The number of hydrogen-bond acceptors (Lipinski definition) is 7. The normalized spacial score (nSPS) is 14.9. The lowest BCUT2D eigenvalue weighted by Gasteiger charge is -2.41. The minimum atomic E-state index is -4.54. The van der Waals surface area contributed by atoms with Gasteiger partial charge in [0, 0.05) is 19.5 Å². The molecule has 116 valence electrons. The van der Waals surface area contributed by atoms with E-state index in [0.717, 1.165) is 0 Å². The summed E-state index contributed by atoms with van der Waals surface area (Å²) in [5.74, 6) is 0. The summed E-state index contributed by atoms with van der Waals surface area (Å²) in [5.41, 5.74) is -2.93. The van der Waals surface area contributed by atoms with Crippen molar-refractivity contribution in [3.8, 4) is 0 Å². The van der Waals surface area contributed by atoms with Gasteiger partial charge in [-0.15, -0.1) is 0 Å². The smallest absolute Gasteiger partial charge is 0.292 e. The lowest BCUT2D eigenvalue weighted by Crippen LogP contribution is -2.55. The van der Waals surface area contributed by atoms with Crippen molar-refractivity contribution >= 4 is 10.1 Å². The highest BCUT2D eigenvalue weighted by molar-refractivity contribution is 7.86. The quantitative estimate of drug-likeness (QED) is 0.292. The highest BCUT2D eigenvalue weighted by Gasteiger charge is 2.34. The molecule has 9 heteroatoms. The van der Waals surface area contributed by atoms with E-state index in [-0.39, 0.29) is 39.3 Å². The molecular weight excluding hydrogens is 278 g/mol. The second kappa shape index (κ2) is 8.10. The van der Waals surface area contributed by atoms with Gasteiger partial charge in [0.1, 0.15) is 0 Å². The highest BCUT2D eigenvalue weighted by atomic mass is 32.2. The summed E-state index contributed by atoms with van der Waals surface area (Å²) in [6, 6.07) is 0. The van der Waals surface area contributed by atoms with Gasteiger partial charge in [-0.2, -0.15) is 8.42 Å². The zero-order valence-corrected chi connectivity index (χ0v) is 11.8. The molecule has 0 radical (unpaired) electrons. The van der Waals surface area contributed by atoms with Crippen LogP contribution in [-0.2, 0) is 10.1 Å². The lowest BCUT2D eigenvalue weighted by atomic mass is 9.95. The van der Waals surface area contributed by atoms with Crippen LogP contribution in [0.15, 0.2) is 0 Å². The van der Waals surface area contributed by atoms with E-state index in [1.807, 2.05) is 0 Å². The maximum absolute atomic E-state index is 10.7. The van der Waals surface area contributed by atoms with Gasteiger partial charge in [-0.05, 0) is 6.42 Å². The fourth-order valence-corrected chi connectivity index (χ4v) is 2.22. The molecule has 5 N–H and O–H groups in total. The fraction of sp³-hybridized carbons (Fsp3) is 1.00. The molecule has 0 fully saturated rings. The minimum Gasteiger partial charge on any atom is -0.395 e. The summed E-state index contributed by atoms with van der Waals surface area (Å²) in [5, 5.41) is 37.0. The fourth-order valence-electron chi connectivity index (χ4n) is 1.82. The summed E-state index contributed by atoms with van der Waals surface area (Å²) in [7, 11) is -4.54. The van der Waals surface area contributed by atoms with Gasteiger partial charge in [0.2, 0.25) is 0 Å². The molecule has 0 saturated carbocycles. The second-order valence-corrected chi connectivity index (χ2v) is 5.94. The number of β-amino-alcohol motifs (C(OH)–C–C–N with tert-alkyl or cyclic N) is 1. The van der Waals surface area contributed by atoms with Crippen molar-refractivity contribution in [2.75, 3.05) is 32.9 Å². The number of aliphatic hydroxyl groups is 4. The van der Waals surface area contributed by atoms with Crippen molar-refractivity contribution < 1.29 is 33.4 Å². The molecular formula is C10H23NO7S. The average molecular weight is 301 g/mol. The Balaban J connectivity index is 4.83. The Kier molecular flexibility index (Phi) is 7.98. The molecule has 19 heavy (non-hydrogen) atoms. The van der Waals surface area contributed by atoms with Gasteiger partial charge in [-0.1, -0.05) is 6.92 Å². The molecule has 0 saturated heterocycles. The standard InChI is InChI=1S/C10H23NO7S/c1-2-10(7-13,8-14)11(5-6-12)4-3-9(15)19(16,17)18/h9,12-15H,2-8H2,1H3,(H,16,17,18). The van der Waals surface area contributed by atoms with E-state index in [1.54, 1.807) is 6.92 Å². The first-order valence-electron chi connectivity index (χ1n) is 5.99. The lowest BCUT2D eigenvalue weighted by molar-refractivity contribution is -0.0270. The molecule has 0 aliphatic heterocycles. The third kappa shape index (κ3) is 5.30. The van der Waals surface area contributed by atoms with Crippen molar-refractivity contribution in [3.63, 3.8) is 0 Å². The maximum Gasteiger partial charge on any atom is 0.292 e. The molecule has 8 nitrogen and oxygen atoms in total. The molecule has 0 aromatic heterocycles. The second-order valence-electron chi connectivity index (χ2n) is 4.36. The van der Waals surface area contributed by atoms with Crippen molar-refractivity contribution in [2.45, 2.75) is 30.7 Å². The van der Waals surface area contributed by atoms with Crippen molar-refractivity contribution in [3.05, 3.63) is 0 Å². The largest absolute Gasteiger partial charge is 0.395 e. The van der Waals surface area contributed by atoms with Crippen LogP contribution in [-0.4, -0.2) is 82.2 Å². The monoisotopic (exact) mass is 301 g/mol. The van der Waals surface area contributed by atoms with E-state index in [0.29, 0.717) is 6.42 Å². The van der Waals surface area contributed by atoms with Gasteiger partial charge < -0.3 is 20.4 Å². The third-order valence-corrected chi connectivity index (χ3v) is 4.20. The molecule has 1 unspecified atom stereocenters. The van der Waals surface area contributed by atoms with Gasteiger partial charge in [0.05, 0.1) is 25.4 Å². The van der Waals surface area contributed by atoms with Crippen LogP contribution in [0.25, 0.3) is 0 Å². The predicted octanol–water partition coefficient (Wildman–Crippen LogP) is -1.99. The first kappa shape index (κ1) is 18.7. The summed E-state index contributed by atoms with van der Waals surface area (Å²) < 4.78 is 30.1. The molecule has 1 atom stereocenters. The minimum absolute atomic E-state index is 0.00350. The number of nitrogens with zero attached hydrogens (tertiary/aromatic N) is 1. The first-order valence-corrected chi connectivity index (χ1v) is 7.49. The Labute approximate surface area is 113 Å². The Hall–Kier alpha value is -0.290. The van der Waals surface area contributed by atoms with Crippen LogP contribution in [0, 0.1) is 0 Å². The average Bonchev–Trinajstić information content (AvgIpc) is 2.36. The summed E-state index contributed by atoms with van der Waals surface area (Å²) in [6.07, 6.45) is 0.0859. The van der Waals surface area contributed by atoms with Crippen molar-refractivity contribution in [2.24, 2.45) is 0 Å². The molecule has 0 aliphatic rings. The van der Waals surface area contributed by atoms with E-state index >= 15 is 0 Å². The molecule has 0 amide bonds. The van der Waals surface area contributed by atoms with Gasteiger partial charge in [-0.25, -0.2) is 0 Å². The van der Waals surface area contributed by atoms with Crippen molar-refractivity contribution in [1.29, 1.82) is 0 Å². The van der Waals surface area contributed by atoms with Gasteiger partial charge in [-0.3, -0.25) is 9.45 Å². The Morgan fingerprint density at radius 2 is 1.68 bits per heavy atom. The molecule has 0 spiro atoms. The molecule has 0 aromatic rings. The summed E-state index contributed by atoms with van der Waals surface area (Å²) in [4.78, 5) is 1.50. The van der Waals surface area contributed by atoms with Gasteiger partial charge >= 0.3 is 0 Å². The number of aliphatic hydroxyl groups excluding tert-OH is 4. The SMILES string of the molecule is CCC(CO)(CO)N(CCO)CCC(O)S(=O)(=O)O. The third-order valence-electron chi connectivity index (χ3n) is 3.28. The highest BCUT2D eigenvalue weighted by Crippen LogP contribution is 2.20. The van der Waals surface area contributed by atoms with Crippen LogP contribution in [0.4, 0.5) is 0 Å². The van der Waals surface area contributed by atoms with Crippen LogP contribution < -0.4 is 0 Å². The van der Waals surface area contributed by atoms with E-state index in [1.165, 1.54) is 4.90 Å². The molecule has 0 aromatic carbocycles. The summed E-state index contributed by atoms with van der Waals surface area (Å²) in [6.45, 7) is 0.841. The molecule has 0 bridgehead atoms. The zero-order chi connectivity index (χ0) is 15.1. The predicted molar refractivity (Wildman–Crippen MR) is 68.0 cm³/mol. The van der Waals surface area contributed by atoms with Crippen molar-refractivity contribution in [1.82, 2.24) is 4.90 Å². The number of hydrogen-bond donors (Lipinski definition) is 5. The van der Waals surface area contributed by atoms with Gasteiger partial charge in [0.15, 0.2) is 5.44 Å². The van der Waals surface area contributed by atoms with E-state index in [9.17, 15) is 23.7 Å².